The first-order valence-corrected chi connectivity index (χ1v) is 10.2. The van der Waals surface area contributed by atoms with Gasteiger partial charge in [0.25, 0.3) is 0 Å². The lowest BCUT2D eigenvalue weighted by Gasteiger charge is -2.24. The molecule has 1 aliphatic heterocycles. The average molecular weight is 416 g/mol. The largest absolute Gasteiger partial charge is 0.370 e. The minimum absolute atomic E-state index is 0.399. The first kappa shape index (κ1) is 20.6. The molecule has 1 heterocycles. The second-order valence-corrected chi connectivity index (χ2v) is 7.52. The van der Waals surface area contributed by atoms with Crippen LogP contribution in [0.3, 0.4) is 0 Å². The molecule has 0 bridgehead atoms. The minimum Gasteiger partial charge on any atom is -0.370 e. The molecule has 0 aliphatic carbocycles. The van der Waals surface area contributed by atoms with Crippen molar-refractivity contribution in [2.24, 2.45) is 0 Å². The van der Waals surface area contributed by atoms with E-state index in [0.29, 0.717) is 10.1 Å². The predicted octanol–water partition coefficient (Wildman–Crippen LogP) is 2.20. The van der Waals surface area contributed by atoms with Gasteiger partial charge >= 0.3 is 0 Å². The standard InChI is InChI=1S/C21H23ClN4OS/c22-20-14-17(25-21(28)24-8-9-26-10-12-27-13-11-26)6-7-18(20)19(15-23)16-4-2-1-3-5-16/h1-7,14,19H,8-13H2,(H2,24,25,28)/p+1/t19-/m1/s1. The number of nitriles is 1. The van der Waals surface area contributed by atoms with Gasteiger partial charge in [0, 0.05) is 10.7 Å². The highest BCUT2D eigenvalue weighted by atomic mass is 35.5. The van der Waals surface area contributed by atoms with Gasteiger partial charge in [-0.2, -0.15) is 5.26 Å². The molecule has 0 saturated carbocycles. The number of rotatable bonds is 6. The quantitative estimate of drug-likeness (QED) is 0.631. The Labute approximate surface area is 176 Å². The van der Waals surface area contributed by atoms with Gasteiger partial charge in [-0.25, -0.2) is 0 Å². The fraction of sp³-hybridized carbons (Fsp3) is 0.333. The molecule has 0 amide bonds. The lowest BCUT2D eigenvalue weighted by Crippen LogP contribution is -3.14. The highest BCUT2D eigenvalue weighted by Gasteiger charge is 2.17. The van der Waals surface area contributed by atoms with Crippen molar-refractivity contribution in [2.75, 3.05) is 44.7 Å². The van der Waals surface area contributed by atoms with Crippen molar-refractivity contribution in [1.29, 1.82) is 5.26 Å². The smallest absolute Gasteiger partial charge is 0.170 e. The molecular weight excluding hydrogens is 392 g/mol. The molecule has 1 fully saturated rings. The molecule has 1 aliphatic rings. The highest BCUT2D eigenvalue weighted by Crippen LogP contribution is 2.31. The molecule has 2 aromatic carbocycles. The number of thiocarbonyl (C=S) groups is 1. The summed E-state index contributed by atoms with van der Waals surface area (Å²) in [5.41, 5.74) is 2.51. The van der Waals surface area contributed by atoms with Gasteiger partial charge in [-0.15, -0.1) is 0 Å². The summed E-state index contributed by atoms with van der Waals surface area (Å²) < 4.78 is 5.37. The van der Waals surface area contributed by atoms with E-state index in [0.717, 1.165) is 56.2 Å². The minimum atomic E-state index is -0.399. The van der Waals surface area contributed by atoms with Crippen LogP contribution in [0.1, 0.15) is 17.0 Å². The fourth-order valence-corrected chi connectivity index (χ4v) is 3.76. The number of ether oxygens (including phenoxy) is 1. The zero-order valence-corrected chi connectivity index (χ0v) is 17.2. The molecule has 2 aromatic rings. The molecule has 3 rings (SSSR count). The number of anilines is 1. The maximum atomic E-state index is 9.61. The third-order valence-electron chi connectivity index (χ3n) is 4.80. The number of morpholine rings is 1. The van der Waals surface area contributed by atoms with Gasteiger partial charge in [0.05, 0.1) is 38.3 Å². The summed E-state index contributed by atoms with van der Waals surface area (Å²) in [6.45, 7) is 5.55. The normalized spacial score (nSPS) is 15.4. The van der Waals surface area contributed by atoms with E-state index in [4.69, 9.17) is 28.6 Å². The number of nitrogens with one attached hydrogen (secondary N) is 3. The van der Waals surface area contributed by atoms with E-state index in [1.807, 2.05) is 48.5 Å². The van der Waals surface area contributed by atoms with Crippen LogP contribution >= 0.6 is 23.8 Å². The van der Waals surface area contributed by atoms with Gasteiger partial charge in [0.15, 0.2) is 5.11 Å². The van der Waals surface area contributed by atoms with E-state index in [2.05, 4.69) is 16.7 Å². The topological polar surface area (TPSA) is 61.5 Å². The van der Waals surface area contributed by atoms with E-state index in [9.17, 15) is 5.26 Å². The van der Waals surface area contributed by atoms with Crippen molar-refractivity contribution in [3.8, 4) is 6.07 Å². The number of benzene rings is 2. The van der Waals surface area contributed by atoms with Crippen LogP contribution in [-0.4, -0.2) is 44.5 Å². The zero-order valence-electron chi connectivity index (χ0n) is 15.6. The molecule has 5 nitrogen and oxygen atoms in total. The average Bonchev–Trinajstić information content (AvgIpc) is 2.72. The van der Waals surface area contributed by atoms with Crippen LogP contribution in [0, 0.1) is 11.3 Å². The Morgan fingerprint density at radius 1 is 1.21 bits per heavy atom. The molecular formula is C21H24ClN4OS+. The molecule has 146 valence electrons. The second kappa shape index (κ2) is 10.4. The second-order valence-electron chi connectivity index (χ2n) is 6.70. The van der Waals surface area contributed by atoms with Crippen molar-refractivity contribution in [1.82, 2.24) is 5.32 Å². The van der Waals surface area contributed by atoms with Gasteiger partial charge in [-0.1, -0.05) is 48.0 Å². The molecule has 7 heteroatoms. The maximum Gasteiger partial charge on any atom is 0.170 e. The van der Waals surface area contributed by atoms with E-state index in [1.54, 1.807) is 0 Å². The van der Waals surface area contributed by atoms with Crippen molar-refractivity contribution in [3.05, 3.63) is 64.7 Å². The van der Waals surface area contributed by atoms with Crippen molar-refractivity contribution >= 4 is 34.6 Å². The monoisotopic (exact) mass is 415 g/mol. The maximum absolute atomic E-state index is 9.61. The fourth-order valence-electron chi connectivity index (χ4n) is 3.25. The van der Waals surface area contributed by atoms with Gasteiger partial charge < -0.3 is 20.3 Å². The number of hydrogen-bond acceptors (Lipinski definition) is 3. The Kier molecular flexibility index (Phi) is 7.63. The van der Waals surface area contributed by atoms with Gasteiger partial charge in [0.2, 0.25) is 0 Å². The summed E-state index contributed by atoms with van der Waals surface area (Å²) in [6.07, 6.45) is 0. The third kappa shape index (κ3) is 5.66. The van der Waals surface area contributed by atoms with Crippen LogP contribution < -0.4 is 15.5 Å². The summed E-state index contributed by atoms with van der Waals surface area (Å²) >= 11 is 11.9. The SMILES string of the molecule is N#C[C@H](c1ccccc1)c1ccc(NC(=S)NCC[NH+]2CCOCC2)cc1Cl. The Balaban J connectivity index is 1.56. The Bertz CT molecular complexity index is 834. The van der Waals surface area contributed by atoms with Crippen LogP contribution in [0.2, 0.25) is 5.02 Å². The number of nitrogens with zero attached hydrogens (tertiary/aromatic N) is 1. The molecule has 0 spiro atoms. The summed E-state index contributed by atoms with van der Waals surface area (Å²) in [7, 11) is 0. The summed E-state index contributed by atoms with van der Waals surface area (Å²) in [5, 5.41) is 17.1. The Hall–Kier alpha value is -2.17. The molecule has 1 atom stereocenters. The van der Waals surface area contributed by atoms with Crippen LogP contribution in [0.25, 0.3) is 0 Å². The lowest BCUT2D eigenvalue weighted by atomic mass is 9.92. The number of halogens is 1. The predicted molar refractivity (Wildman–Crippen MR) is 116 cm³/mol. The van der Waals surface area contributed by atoms with Crippen LogP contribution in [0.4, 0.5) is 5.69 Å². The van der Waals surface area contributed by atoms with Crippen molar-refractivity contribution in [3.63, 3.8) is 0 Å². The zero-order chi connectivity index (χ0) is 19.8. The van der Waals surface area contributed by atoms with E-state index in [1.165, 1.54) is 4.90 Å². The number of hydrogen-bond donors (Lipinski definition) is 3. The van der Waals surface area contributed by atoms with E-state index >= 15 is 0 Å². The Morgan fingerprint density at radius 2 is 1.96 bits per heavy atom. The third-order valence-corrected chi connectivity index (χ3v) is 5.37. The molecule has 0 unspecified atom stereocenters. The van der Waals surface area contributed by atoms with Crippen LogP contribution in [-0.2, 0) is 4.74 Å². The summed E-state index contributed by atoms with van der Waals surface area (Å²) in [5.74, 6) is -0.399. The van der Waals surface area contributed by atoms with Gasteiger partial charge in [-0.3, -0.25) is 0 Å². The first-order chi connectivity index (χ1) is 13.7. The Morgan fingerprint density at radius 3 is 2.64 bits per heavy atom. The van der Waals surface area contributed by atoms with Gasteiger partial charge in [-0.05, 0) is 35.5 Å². The lowest BCUT2D eigenvalue weighted by molar-refractivity contribution is -0.906. The van der Waals surface area contributed by atoms with E-state index < -0.39 is 5.92 Å². The van der Waals surface area contributed by atoms with Crippen molar-refractivity contribution < 1.29 is 9.64 Å². The van der Waals surface area contributed by atoms with E-state index in [-0.39, 0.29) is 0 Å². The molecule has 1 saturated heterocycles. The molecule has 0 radical (unpaired) electrons. The molecule has 3 N–H and O–H groups in total. The molecule has 28 heavy (non-hydrogen) atoms. The highest BCUT2D eigenvalue weighted by molar-refractivity contribution is 7.80. The summed E-state index contributed by atoms with van der Waals surface area (Å²) in [4.78, 5) is 1.53. The van der Waals surface area contributed by atoms with Crippen molar-refractivity contribution in [2.45, 2.75) is 5.92 Å². The van der Waals surface area contributed by atoms with Gasteiger partial charge in [0.1, 0.15) is 13.1 Å². The van der Waals surface area contributed by atoms with Crippen LogP contribution in [0.15, 0.2) is 48.5 Å². The van der Waals surface area contributed by atoms with Crippen LogP contribution in [0.5, 0.6) is 0 Å². The summed E-state index contributed by atoms with van der Waals surface area (Å²) in [6, 6.07) is 17.6. The molecule has 0 aromatic heterocycles. The first-order valence-electron chi connectivity index (χ1n) is 9.37. The number of quaternary nitrogens is 1.